The summed E-state index contributed by atoms with van der Waals surface area (Å²) in [6.07, 6.45) is 1.11. The first-order valence-electron chi connectivity index (χ1n) is 6.99. The van der Waals surface area contributed by atoms with Crippen molar-refractivity contribution in [2.45, 2.75) is 26.7 Å². The van der Waals surface area contributed by atoms with Crippen LogP contribution in [0, 0.1) is 19.8 Å². The standard InChI is InChI=1S/C18H19BrO2/c1-12-3-4-15(9-13(12)2)11-16(18(20)21)10-14-5-7-17(19)8-6-14/h3-9,16H,10-11H2,1-2H3,(H,20,21). The number of aryl methyl sites for hydroxylation is 2. The van der Waals surface area contributed by atoms with E-state index in [0.29, 0.717) is 12.8 Å². The first-order valence-corrected chi connectivity index (χ1v) is 7.78. The van der Waals surface area contributed by atoms with Gasteiger partial charge in [-0.3, -0.25) is 4.79 Å². The zero-order valence-electron chi connectivity index (χ0n) is 12.3. The van der Waals surface area contributed by atoms with Crippen molar-refractivity contribution in [3.8, 4) is 0 Å². The lowest BCUT2D eigenvalue weighted by molar-refractivity contribution is -0.141. The minimum absolute atomic E-state index is 0.395. The summed E-state index contributed by atoms with van der Waals surface area (Å²) >= 11 is 3.39. The second-order valence-corrected chi connectivity index (χ2v) is 6.40. The van der Waals surface area contributed by atoms with Crippen LogP contribution in [0.3, 0.4) is 0 Å². The van der Waals surface area contributed by atoms with Crippen molar-refractivity contribution in [1.29, 1.82) is 0 Å². The minimum atomic E-state index is -0.740. The number of benzene rings is 2. The van der Waals surface area contributed by atoms with Gasteiger partial charge in [0.2, 0.25) is 0 Å². The molecule has 2 nitrogen and oxygen atoms in total. The van der Waals surface area contributed by atoms with Crippen LogP contribution in [0.4, 0.5) is 0 Å². The number of carbonyl (C=O) groups is 1. The first-order chi connectivity index (χ1) is 9.95. The molecule has 2 rings (SSSR count). The van der Waals surface area contributed by atoms with Gasteiger partial charge in [-0.1, -0.05) is 46.3 Å². The van der Waals surface area contributed by atoms with Gasteiger partial charge in [0.15, 0.2) is 0 Å². The molecular formula is C18H19BrO2. The SMILES string of the molecule is Cc1ccc(CC(Cc2ccc(Br)cc2)C(=O)O)cc1C. The Hall–Kier alpha value is -1.61. The maximum atomic E-state index is 11.5. The van der Waals surface area contributed by atoms with E-state index in [1.54, 1.807) is 0 Å². The molecule has 0 aromatic heterocycles. The molecule has 0 aliphatic heterocycles. The normalized spacial score (nSPS) is 12.1. The van der Waals surface area contributed by atoms with Crippen LogP contribution in [-0.4, -0.2) is 11.1 Å². The van der Waals surface area contributed by atoms with Gasteiger partial charge < -0.3 is 5.11 Å². The maximum Gasteiger partial charge on any atom is 0.307 e. The summed E-state index contributed by atoms with van der Waals surface area (Å²) in [6, 6.07) is 14.0. The van der Waals surface area contributed by atoms with Crippen molar-refractivity contribution in [1.82, 2.24) is 0 Å². The second-order valence-electron chi connectivity index (χ2n) is 5.49. The summed E-state index contributed by atoms with van der Waals surface area (Å²) in [7, 11) is 0. The van der Waals surface area contributed by atoms with Gasteiger partial charge in [0.05, 0.1) is 5.92 Å². The molecule has 0 radical (unpaired) electrons. The summed E-state index contributed by atoms with van der Waals surface area (Å²) < 4.78 is 1.01. The lowest BCUT2D eigenvalue weighted by atomic mass is 9.91. The first kappa shape index (κ1) is 15.8. The molecule has 0 spiro atoms. The molecule has 3 heteroatoms. The fourth-order valence-corrected chi connectivity index (χ4v) is 2.63. The van der Waals surface area contributed by atoms with Gasteiger partial charge in [-0.15, -0.1) is 0 Å². The molecule has 110 valence electrons. The van der Waals surface area contributed by atoms with Gasteiger partial charge >= 0.3 is 5.97 Å². The molecule has 0 aliphatic rings. The summed E-state index contributed by atoms with van der Waals surface area (Å²) in [5.74, 6) is -1.13. The summed E-state index contributed by atoms with van der Waals surface area (Å²) in [5.41, 5.74) is 4.58. The number of carboxylic acid groups (broad SMARTS) is 1. The number of carboxylic acids is 1. The van der Waals surface area contributed by atoms with E-state index >= 15 is 0 Å². The van der Waals surface area contributed by atoms with Crippen LogP contribution in [0.1, 0.15) is 22.3 Å². The smallest absolute Gasteiger partial charge is 0.307 e. The highest BCUT2D eigenvalue weighted by molar-refractivity contribution is 9.10. The molecule has 1 unspecified atom stereocenters. The van der Waals surface area contributed by atoms with Crippen molar-refractivity contribution < 1.29 is 9.90 Å². The van der Waals surface area contributed by atoms with Gasteiger partial charge in [-0.2, -0.15) is 0 Å². The Morgan fingerprint density at radius 2 is 1.57 bits per heavy atom. The van der Waals surface area contributed by atoms with Crippen LogP contribution < -0.4 is 0 Å². The Morgan fingerprint density at radius 1 is 1.00 bits per heavy atom. The van der Waals surface area contributed by atoms with Crippen LogP contribution in [0.15, 0.2) is 46.9 Å². The molecular weight excluding hydrogens is 328 g/mol. The average molecular weight is 347 g/mol. The number of halogens is 1. The van der Waals surface area contributed by atoms with Crippen LogP contribution in [0.2, 0.25) is 0 Å². The minimum Gasteiger partial charge on any atom is -0.481 e. The zero-order valence-corrected chi connectivity index (χ0v) is 13.9. The van der Waals surface area contributed by atoms with Crippen LogP contribution >= 0.6 is 15.9 Å². The van der Waals surface area contributed by atoms with Gasteiger partial charge in [-0.05, 0) is 61.1 Å². The quantitative estimate of drug-likeness (QED) is 0.861. The third-order valence-electron chi connectivity index (χ3n) is 3.80. The van der Waals surface area contributed by atoms with Crippen molar-refractivity contribution in [2.24, 2.45) is 5.92 Å². The Kier molecular flexibility index (Phi) is 5.18. The van der Waals surface area contributed by atoms with Crippen molar-refractivity contribution in [3.05, 3.63) is 69.2 Å². The highest BCUT2D eigenvalue weighted by Gasteiger charge is 2.18. The van der Waals surface area contributed by atoms with Gasteiger partial charge in [-0.25, -0.2) is 0 Å². The number of hydrogen-bond donors (Lipinski definition) is 1. The van der Waals surface area contributed by atoms with E-state index < -0.39 is 11.9 Å². The van der Waals surface area contributed by atoms with Gasteiger partial charge in [0, 0.05) is 4.47 Å². The van der Waals surface area contributed by atoms with E-state index in [0.717, 1.165) is 15.6 Å². The fraction of sp³-hybridized carbons (Fsp3) is 0.278. The lowest BCUT2D eigenvalue weighted by Gasteiger charge is -2.14. The summed E-state index contributed by atoms with van der Waals surface area (Å²) in [4.78, 5) is 11.5. The van der Waals surface area contributed by atoms with E-state index in [-0.39, 0.29) is 0 Å². The van der Waals surface area contributed by atoms with Crippen molar-refractivity contribution in [2.75, 3.05) is 0 Å². The molecule has 21 heavy (non-hydrogen) atoms. The molecule has 2 aromatic carbocycles. The number of rotatable bonds is 5. The molecule has 1 N–H and O–H groups in total. The predicted octanol–water partition coefficient (Wildman–Crippen LogP) is 4.55. The maximum absolute atomic E-state index is 11.5. The van der Waals surface area contributed by atoms with Crippen molar-refractivity contribution >= 4 is 21.9 Å². The monoisotopic (exact) mass is 346 g/mol. The van der Waals surface area contributed by atoms with Crippen LogP contribution in [0.25, 0.3) is 0 Å². The predicted molar refractivity (Wildman–Crippen MR) is 88.6 cm³/mol. The topological polar surface area (TPSA) is 37.3 Å². The lowest BCUT2D eigenvalue weighted by Crippen LogP contribution is -2.19. The molecule has 0 fully saturated rings. The third-order valence-corrected chi connectivity index (χ3v) is 4.33. The summed E-state index contributed by atoms with van der Waals surface area (Å²) in [6.45, 7) is 4.12. The largest absolute Gasteiger partial charge is 0.481 e. The third kappa shape index (κ3) is 4.43. The highest BCUT2D eigenvalue weighted by atomic mass is 79.9. The number of hydrogen-bond acceptors (Lipinski definition) is 1. The summed E-state index contributed by atoms with van der Waals surface area (Å²) in [5, 5.41) is 9.47. The van der Waals surface area contributed by atoms with Gasteiger partial charge in [0.1, 0.15) is 0 Å². The molecule has 2 aromatic rings. The van der Waals surface area contributed by atoms with Crippen molar-refractivity contribution in [3.63, 3.8) is 0 Å². The van der Waals surface area contributed by atoms with E-state index in [1.807, 2.05) is 30.3 Å². The molecule has 1 atom stereocenters. The Labute approximate surface area is 134 Å². The molecule has 0 saturated heterocycles. The van der Waals surface area contributed by atoms with Crippen LogP contribution in [0.5, 0.6) is 0 Å². The van der Waals surface area contributed by atoms with Gasteiger partial charge in [0.25, 0.3) is 0 Å². The van der Waals surface area contributed by atoms with E-state index in [1.165, 1.54) is 11.1 Å². The molecule has 0 bridgehead atoms. The molecule has 0 saturated carbocycles. The van der Waals surface area contributed by atoms with E-state index in [4.69, 9.17) is 0 Å². The van der Waals surface area contributed by atoms with Crippen LogP contribution in [-0.2, 0) is 17.6 Å². The number of aliphatic carboxylic acids is 1. The Morgan fingerprint density at radius 3 is 2.14 bits per heavy atom. The molecule has 0 amide bonds. The second kappa shape index (κ2) is 6.90. The highest BCUT2D eigenvalue weighted by Crippen LogP contribution is 2.19. The Balaban J connectivity index is 2.13. The zero-order chi connectivity index (χ0) is 15.4. The van der Waals surface area contributed by atoms with E-state index in [2.05, 4.69) is 41.9 Å². The van der Waals surface area contributed by atoms with E-state index in [9.17, 15) is 9.90 Å². The average Bonchev–Trinajstić information content (AvgIpc) is 2.44. The molecule has 0 heterocycles. The molecule has 0 aliphatic carbocycles. The fourth-order valence-electron chi connectivity index (χ4n) is 2.37. The Bertz CT molecular complexity index is 632.